The van der Waals surface area contributed by atoms with Crippen LogP contribution in [0.1, 0.15) is 11.1 Å². The van der Waals surface area contributed by atoms with E-state index >= 15 is 0 Å². The van der Waals surface area contributed by atoms with Gasteiger partial charge < -0.3 is 4.74 Å². The van der Waals surface area contributed by atoms with E-state index in [0.29, 0.717) is 6.61 Å². The first-order valence-corrected chi connectivity index (χ1v) is 8.37. The molecule has 0 fully saturated rings. The number of aryl methyl sites for hydroxylation is 1. The summed E-state index contributed by atoms with van der Waals surface area (Å²) >= 11 is 0. The number of pyridine rings is 2. The van der Waals surface area contributed by atoms with Gasteiger partial charge in [-0.15, -0.1) is 0 Å². The van der Waals surface area contributed by atoms with Gasteiger partial charge in [-0.25, -0.2) is 4.39 Å². The number of halogens is 1. The van der Waals surface area contributed by atoms with E-state index in [1.54, 1.807) is 24.7 Å². The average Bonchev–Trinajstić information content (AvgIpc) is 2.67. The Morgan fingerprint density at radius 1 is 0.923 bits per heavy atom. The van der Waals surface area contributed by atoms with Crippen molar-refractivity contribution in [2.45, 2.75) is 13.5 Å². The summed E-state index contributed by atoms with van der Waals surface area (Å²) in [5, 5.41) is 2.06. The summed E-state index contributed by atoms with van der Waals surface area (Å²) in [6.07, 6.45) is 7.12. The maximum atomic E-state index is 13.4. The third-order valence-electron chi connectivity index (χ3n) is 4.41. The number of ether oxygens (including phenoxy) is 1. The predicted molar refractivity (Wildman–Crippen MR) is 100 cm³/mol. The van der Waals surface area contributed by atoms with Gasteiger partial charge in [0, 0.05) is 46.7 Å². The van der Waals surface area contributed by atoms with Crippen LogP contribution < -0.4 is 4.74 Å². The molecule has 4 aromatic rings. The van der Waals surface area contributed by atoms with Crippen molar-refractivity contribution in [1.82, 2.24) is 9.97 Å². The van der Waals surface area contributed by atoms with Crippen molar-refractivity contribution in [2.75, 3.05) is 0 Å². The van der Waals surface area contributed by atoms with E-state index in [-0.39, 0.29) is 5.82 Å². The van der Waals surface area contributed by atoms with Crippen molar-refractivity contribution in [3.63, 3.8) is 0 Å². The monoisotopic (exact) mass is 344 g/mol. The summed E-state index contributed by atoms with van der Waals surface area (Å²) in [5.74, 6) is 0.570. The molecule has 4 heteroatoms. The van der Waals surface area contributed by atoms with Gasteiger partial charge in [-0.3, -0.25) is 9.97 Å². The zero-order valence-electron chi connectivity index (χ0n) is 14.3. The standard InChI is InChI=1S/C22H17FN2O/c1-15-11-18(23)5-6-19(15)21-13-25-9-7-17(21)14-26-22-4-2-3-16-12-24-10-8-20(16)22/h2-13H,14H2,1H3. The van der Waals surface area contributed by atoms with E-state index in [0.717, 1.165) is 38.8 Å². The zero-order valence-corrected chi connectivity index (χ0v) is 14.3. The SMILES string of the molecule is Cc1cc(F)ccc1-c1cnccc1COc1cccc2cnccc12. The molecule has 0 saturated carbocycles. The quantitative estimate of drug-likeness (QED) is 0.502. The Balaban J connectivity index is 1.67. The zero-order chi connectivity index (χ0) is 17.9. The topological polar surface area (TPSA) is 35.0 Å². The number of rotatable bonds is 4. The summed E-state index contributed by atoms with van der Waals surface area (Å²) < 4.78 is 19.5. The first-order valence-electron chi connectivity index (χ1n) is 8.37. The van der Waals surface area contributed by atoms with Gasteiger partial charge in [-0.05, 0) is 48.4 Å². The molecule has 2 aromatic carbocycles. The number of hydrogen-bond acceptors (Lipinski definition) is 3. The maximum absolute atomic E-state index is 13.4. The number of benzene rings is 2. The van der Waals surface area contributed by atoms with E-state index in [9.17, 15) is 4.39 Å². The summed E-state index contributed by atoms with van der Waals surface area (Å²) in [6.45, 7) is 2.30. The molecule has 0 saturated heterocycles. The molecular formula is C22H17FN2O. The molecule has 0 amide bonds. The Morgan fingerprint density at radius 3 is 2.65 bits per heavy atom. The number of aromatic nitrogens is 2. The largest absolute Gasteiger partial charge is 0.488 e. The molecule has 0 aliphatic carbocycles. The highest BCUT2D eigenvalue weighted by Crippen LogP contribution is 2.29. The molecule has 0 unspecified atom stereocenters. The Bertz CT molecular complexity index is 1070. The van der Waals surface area contributed by atoms with Crippen LogP contribution in [0, 0.1) is 12.7 Å². The van der Waals surface area contributed by atoms with Crippen molar-refractivity contribution in [3.05, 3.63) is 90.3 Å². The maximum Gasteiger partial charge on any atom is 0.127 e. The fourth-order valence-corrected chi connectivity index (χ4v) is 3.10. The molecule has 3 nitrogen and oxygen atoms in total. The van der Waals surface area contributed by atoms with Gasteiger partial charge in [-0.2, -0.15) is 0 Å². The van der Waals surface area contributed by atoms with Crippen LogP contribution in [0.4, 0.5) is 4.39 Å². The number of fused-ring (bicyclic) bond motifs is 1. The summed E-state index contributed by atoms with van der Waals surface area (Å²) in [7, 11) is 0. The molecule has 0 atom stereocenters. The molecule has 2 heterocycles. The number of nitrogens with zero attached hydrogens (tertiary/aromatic N) is 2. The van der Waals surface area contributed by atoms with Gasteiger partial charge in [0.15, 0.2) is 0 Å². The summed E-state index contributed by atoms with van der Waals surface area (Å²) in [5.41, 5.74) is 3.78. The average molecular weight is 344 g/mol. The molecule has 2 aromatic heterocycles. The van der Waals surface area contributed by atoms with Gasteiger partial charge in [0.05, 0.1) is 0 Å². The third-order valence-corrected chi connectivity index (χ3v) is 4.41. The van der Waals surface area contributed by atoms with Crippen molar-refractivity contribution in [3.8, 4) is 16.9 Å². The van der Waals surface area contributed by atoms with Crippen LogP contribution in [0.15, 0.2) is 73.3 Å². The molecule has 0 N–H and O–H groups in total. The third kappa shape index (κ3) is 3.14. The van der Waals surface area contributed by atoms with Crippen LogP contribution in [-0.2, 0) is 6.61 Å². The molecule has 0 radical (unpaired) electrons. The van der Waals surface area contributed by atoms with Gasteiger partial charge in [0.2, 0.25) is 0 Å². The van der Waals surface area contributed by atoms with E-state index in [2.05, 4.69) is 9.97 Å². The summed E-state index contributed by atoms with van der Waals surface area (Å²) in [4.78, 5) is 8.38. The van der Waals surface area contributed by atoms with Crippen LogP contribution in [-0.4, -0.2) is 9.97 Å². The van der Waals surface area contributed by atoms with E-state index < -0.39 is 0 Å². The van der Waals surface area contributed by atoms with Crippen LogP contribution >= 0.6 is 0 Å². The van der Waals surface area contributed by atoms with E-state index in [1.807, 2.05) is 43.5 Å². The van der Waals surface area contributed by atoms with Crippen molar-refractivity contribution in [2.24, 2.45) is 0 Å². The molecule has 26 heavy (non-hydrogen) atoms. The van der Waals surface area contributed by atoms with Crippen LogP contribution in [0.25, 0.3) is 21.9 Å². The lowest BCUT2D eigenvalue weighted by atomic mass is 9.98. The van der Waals surface area contributed by atoms with Gasteiger partial charge in [0.1, 0.15) is 18.2 Å². The second-order valence-corrected chi connectivity index (χ2v) is 6.13. The minimum Gasteiger partial charge on any atom is -0.488 e. The Labute approximate surface area is 151 Å². The highest BCUT2D eigenvalue weighted by Gasteiger charge is 2.10. The Kier molecular flexibility index (Phi) is 4.32. The molecule has 0 bridgehead atoms. The smallest absolute Gasteiger partial charge is 0.127 e. The fourth-order valence-electron chi connectivity index (χ4n) is 3.10. The molecule has 4 rings (SSSR count). The summed E-state index contributed by atoms with van der Waals surface area (Å²) in [6, 6.07) is 14.6. The normalized spacial score (nSPS) is 10.8. The molecule has 0 aliphatic heterocycles. The first kappa shape index (κ1) is 16.2. The van der Waals surface area contributed by atoms with Gasteiger partial charge in [0.25, 0.3) is 0 Å². The van der Waals surface area contributed by atoms with Crippen molar-refractivity contribution < 1.29 is 9.13 Å². The highest BCUT2D eigenvalue weighted by molar-refractivity contribution is 5.87. The van der Waals surface area contributed by atoms with Crippen molar-refractivity contribution in [1.29, 1.82) is 0 Å². The van der Waals surface area contributed by atoms with E-state index in [4.69, 9.17) is 4.74 Å². The molecule has 0 spiro atoms. The predicted octanol–water partition coefficient (Wildman–Crippen LogP) is 5.32. The Morgan fingerprint density at radius 2 is 1.77 bits per heavy atom. The van der Waals surface area contributed by atoms with Gasteiger partial charge in [-0.1, -0.05) is 18.2 Å². The molecule has 128 valence electrons. The number of hydrogen-bond donors (Lipinski definition) is 0. The lowest BCUT2D eigenvalue weighted by Crippen LogP contribution is -2.00. The second-order valence-electron chi connectivity index (χ2n) is 6.13. The lowest BCUT2D eigenvalue weighted by molar-refractivity contribution is 0.310. The second kappa shape index (κ2) is 6.92. The van der Waals surface area contributed by atoms with Crippen LogP contribution in [0.2, 0.25) is 0 Å². The fraction of sp³-hybridized carbons (Fsp3) is 0.0909. The lowest BCUT2D eigenvalue weighted by Gasteiger charge is -2.14. The molecular weight excluding hydrogens is 327 g/mol. The van der Waals surface area contributed by atoms with E-state index in [1.165, 1.54) is 12.1 Å². The van der Waals surface area contributed by atoms with Crippen molar-refractivity contribution >= 4 is 10.8 Å². The Hall–Kier alpha value is -3.27. The van der Waals surface area contributed by atoms with Gasteiger partial charge >= 0.3 is 0 Å². The minimum absolute atomic E-state index is 0.239. The first-order chi connectivity index (χ1) is 12.7. The molecule has 0 aliphatic rings. The van der Waals surface area contributed by atoms with Crippen LogP contribution in [0.5, 0.6) is 5.75 Å². The van der Waals surface area contributed by atoms with Crippen LogP contribution in [0.3, 0.4) is 0 Å². The highest BCUT2D eigenvalue weighted by atomic mass is 19.1. The minimum atomic E-state index is -0.239.